The van der Waals surface area contributed by atoms with Gasteiger partial charge >= 0.3 is 5.97 Å². The number of rotatable bonds is 7. The Labute approximate surface area is 107 Å². The third-order valence-electron chi connectivity index (χ3n) is 2.00. The molecule has 2 N–H and O–H groups in total. The van der Waals surface area contributed by atoms with E-state index in [-0.39, 0.29) is 24.4 Å². The standard InChI is InChI=1S/C11H12F2N2O4/c12-8(13)6-19-4-3-10(16)15-9-2-1-7(5-14-9)11(17)18/h1-2,5,8H,3-4,6H2,(H,17,18)(H,14,15,16). The van der Waals surface area contributed by atoms with E-state index >= 15 is 0 Å². The molecule has 0 saturated carbocycles. The van der Waals surface area contributed by atoms with Gasteiger partial charge in [0.1, 0.15) is 12.4 Å². The number of anilines is 1. The lowest BCUT2D eigenvalue weighted by Crippen LogP contribution is -2.16. The Hall–Kier alpha value is -2.09. The lowest BCUT2D eigenvalue weighted by molar-refractivity contribution is -0.117. The molecule has 8 heteroatoms. The number of nitrogens with zero attached hydrogens (tertiary/aromatic N) is 1. The van der Waals surface area contributed by atoms with Crippen molar-refractivity contribution in [1.29, 1.82) is 0 Å². The SMILES string of the molecule is O=C(CCOCC(F)F)Nc1ccc(C(=O)O)cn1. The molecule has 1 aromatic heterocycles. The zero-order chi connectivity index (χ0) is 14.3. The molecule has 0 aliphatic rings. The highest BCUT2D eigenvalue weighted by Gasteiger charge is 2.07. The molecule has 1 heterocycles. The van der Waals surface area contributed by atoms with Gasteiger partial charge < -0.3 is 15.2 Å². The van der Waals surface area contributed by atoms with Gasteiger partial charge in [-0.2, -0.15) is 0 Å². The van der Waals surface area contributed by atoms with E-state index in [9.17, 15) is 18.4 Å². The number of ether oxygens (including phenoxy) is 1. The zero-order valence-electron chi connectivity index (χ0n) is 9.81. The summed E-state index contributed by atoms with van der Waals surface area (Å²) in [4.78, 5) is 25.6. The first-order valence-electron chi connectivity index (χ1n) is 5.34. The number of hydrogen-bond donors (Lipinski definition) is 2. The van der Waals surface area contributed by atoms with Gasteiger partial charge in [-0.3, -0.25) is 4.79 Å². The molecule has 0 saturated heterocycles. The van der Waals surface area contributed by atoms with Crippen LogP contribution in [0.5, 0.6) is 0 Å². The number of carbonyl (C=O) groups excluding carboxylic acids is 1. The molecule has 0 bridgehead atoms. The van der Waals surface area contributed by atoms with Crippen molar-refractivity contribution < 1.29 is 28.2 Å². The van der Waals surface area contributed by atoms with E-state index < -0.39 is 24.9 Å². The first kappa shape index (κ1) is 15.0. The van der Waals surface area contributed by atoms with Crippen LogP contribution in [-0.4, -0.2) is 41.6 Å². The fourth-order valence-corrected chi connectivity index (χ4v) is 1.14. The summed E-state index contributed by atoms with van der Waals surface area (Å²) in [5.41, 5.74) is -0.00161. The highest BCUT2D eigenvalue weighted by Crippen LogP contribution is 2.05. The molecule has 0 spiro atoms. The van der Waals surface area contributed by atoms with Gasteiger partial charge in [-0.25, -0.2) is 18.6 Å². The quantitative estimate of drug-likeness (QED) is 0.733. The predicted molar refractivity (Wildman–Crippen MR) is 61.3 cm³/mol. The molecule has 1 aromatic rings. The van der Waals surface area contributed by atoms with E-state index in [2.05, 4.69) is 15.0 Å². The molecular formula is C11H12F2N2O4. The highest BCUT2D eigenvalue weighted by atomic mass is 19.3. The largest absolute Gasteiger partial charge is 0.478 e. The normalized spacial score (nSPS) is 10.5. The van der Waals surface area contributed by atoms with Gasteiger partial charge in [-0.05, 0) is 12.1 Å². The van der Waals surface area contributed by atoms with Crippen molar-refractivity contribution in [3.8, 4) is 0 Å². The third-order valence-corrected chi connectivity index (χ3v) is 2.00. The number of amides is 1. The first-order chi connectivity index (χ1) is 8.99. The molecule has 0 aliphatic carbocycles. The van der Waals surface area contributed by atoms with Crippen LogP contribution in [0.25, 0.3) is 0 Å². The van der Waals surface area contributed by atoms with Crippen molar-refractivity contribution in [3.63, 3.8) is 0 Å². The van der Waals surface area contributed by atoms with E-state index in [0.29, 0.717) is 0 Å². The second-order valence-corrected chi connectivity index (χ2v) is 3.50. The molecule has 1 amide bonds. The number of halogens is 2. The van der Waals surface area contributed by atoms with E-state index in [1.54, 1.807) is 0 Å². The summed E-state index contributed by atoms with van der Waals surface area (Å²) in [5.74, 6) is -1.39. The molecule has 104 valence electrons. The first-order valence-corrected chi connectivity index (χ1v) is 5.34. The Morgan fingerprint density at radius 2 is 2.16 bits per heavy atom. The maximum absolute atomic E-state index is 11.7. The Kier molecular flexibility index (Phi) is 5.80. The van der Waals surface area contributed by atoms with Crippen LogP contribution < -0.4 is 5.32 Å². The van der Waals surface area contributed by atoms with Gasteiger partial charge in [0.25, 0.3) is 6.43 Å². The van der Waals surface area contributed by atoms with Crippen LogP contribution in [0, 0.1) is 0 Å². The van der Waals surface area contributed by atoms with Crippen molar-refractivity contribution in [2.24, 2.45) is 0 Å². The number of aromatic carboxylic acids is 1. The van der Waals surface area contributed by atoms with Gasteiger partial charge in [-0.15, -0.1) is 0 Å². The summed E-state index contributed by atoms with van der Waals surface area (Å²) >= 11 is 0. The van der Waals surface area contributed by atoms with Gasteiger partial charge in [-0.1, -0.05) is 0 Å². The molecule has 0 aliphatic heterocycles. The third kappa shape index (κ3) is 5.87. The monoisotopic (exact) mass is 274 g/mol. The summed E-state index contributed by atoms with van der Waals surface area (Å²) in [6, 6.07) is 2.62. The average molecular weight is 274 g/mol. The average Bonchev–Trinajstić information content (AvgIpc) is 2.35. The lowest BCUT2D eigenvalue weighted by atomic mass is 10.3. The highest BCUT2D eigenvalue weighted by molar-refractivity contribution is 5.91. The summed E-state index contributed by atoms with van der Waals surface area (Å²) in [5, 5.41) is 11.0. The molecule has 0 aromatic carbocycles. The lowest BCUT2D eigenvalue weighted by Gasteiger charge is -2.05. The van der Waals surface area contributed by atoms with Crippen molar-refractivity contribution in [2.45, 2.75) is 12.8 Å². The van der Waals surface area contributed by atoms with E-state index in [0.717, 1.165) is 6.20 Å². The Morgan fingerprint density at radius 3 is 2.68 bits per heavy atom. The van der Waals surface area contributed by atoms with Gasteiger partial charge in [0.15, 0.2) is 0 Å². The number of hydrogen-bond acceptors (Lipinski definition) is 4. The van der Waals surface area contributed by atoms with Crippen molar-refractivity contribution >= 4 is 17.7 Å². The number of carboxylic acids is 1. The smallest absolute Gasteiger partial charge is 0.337 e. The van der Waals surface area contributed by atoms with Crippen LogP contribution in [-0.2, 0) is 9.53 Å². The second kappa shape index (κ2) is 7.37. The fourth-order valence-electron chi connectivity index (χ4n) is 1.14. The molecule has 0 atom stereocenters. The molecule has 0 radical (unpaired) electrons. The van der Waals surface area contributed by atoms with Gasteiger partial charge in [0, 0.05) is 6.20 Å². The minimum Gasteiger partial charge on any atom is -0.478 e. The molecule has 6 nitrogen and oxygen atoms in total. The van der Waals surface area contributed by atoms with Gasteiger partial charge in [0.05, 0.1) is 18.6 Å². The summed E-state index contributed by atoms with van der Waals surface area (Å²) in [7, 11) is 0. The number of carbonyl (C=O) groups is 2. The zero-order valence-corrected chi connectivity index (χ0v) is 9.81. The van der Waals surface area contributed by atoms with Crippen molar-refractivity contribution in [2.75, 3.05) is 18.5 Å². The van der Waals surface area contributed by atoms with Crippen LogP contribution >= 0.6 is 0 Å². The summed E-state index contributed by atoms with van der Waals surface area (Å²) in [6.07, 6.45) is -1.55. The maximum atomic E-state index is 11.7. The van der Waals surface area contributed by atoms with Crippen LogP contribution in [0.3, 0.4) is 0 Å². The van der Waals surface area contributed by atoms with E-state index in [1.807, 2.05) is 0 Å². The predicted octanol–water partition coefficient (Wildman–Crippen LogP) is 1.39. The minimum absolute atomic E-state index is 0.00161. The van der Waals surface area contributed by atoms with E-state index in [1.165, 1.54) is 12.1 Å². The van der Waals surface area contributed by atoms with Crippen LogP contribution in [0.4, 0.5) is 14.6 Å². The molecular weight excluding hydrogens is 262 g/mol. The molecule has 0 fully saturated rings. The number of alkyl halides is 2. The van der Waals surface area contributed by atoms with Crippen molar-refractivity contribution in [3.05, 3.63) is 23.9 Å². The Morgan fingerprint density at radius 1 is 1.42 bits per heavy atom. The minimum atomic E-state index is -2.56. The van der Waals surface area contributed by atoms with E-state index in [4.69, 9.17) is 5.11 Å². The van der Waals surface area contributed by atoms with Crippen molar-refractivity contribution in [1.82, 2.24) is 4.98 Å². The molecule has 1 rings (SSSR count). The van der Waals surface area contributed by atoms with Crippen LogP contribution in [0.2, 0.25) is 0 Å². The second-order valence-electron chi connectivity index (χ2n) is 3.50. The Bertz CT molecular complexity index is 437. The fraction of sp³-hybridized carbons (Fsp3) is 0.364. The number of aromatic nitrogens is 1. The number of pyridine rings is 1. The topological polar surface area (TPSA) is 88.5 Å². The summed E-state index contributed by atoms with van der Waals surface area (Å²) in [6.45, 7) is -0.831. The molecule has 19 heavy (non-hydrogen) atoms. The summed E-state index contributed by atoms with van der Waals surface area (Å²) < 4.78 is 28.0. The Balaban J connectivity index is 2.34. The van der Waals surface area contributed by atoms with Crippen LogP contribution in [0.15, 0.2) is 18.3 Å². The number of carboxylic acid groups (broad SMARTS) is 1. The van der Waals surface area contributed by atoms with Crippen LogP contribution in [0.1, 0.15) is 16.8 Å². The molecule has 0 unspecified atom stereocenters. The maximum Gasteiger partial charge on any atom is 0.337 e. The number of nitrogens with one attached hydrogen (secondary N) is 1. The van der Waals surface area contributed by atoms with Gasteiger partial charge in [0.2, 0.25) is 5.91 Å².